The third-order valence-corrected chi connectivity index (χ3v) is 3.24. The van der Waals surface area contributed by atoms with Crippen LogP contribution in [0.25, 0.3) is 0 Å². The Morgan fingerprint density at radius 2 is 1.78 bits per heavy atom. The van der Waals surface area contributed by atoms with Crippen LogP contribution in [0.1, 0.15) is 13.8 Å². The quantitative estimate of drug-likeness (QED) is 0.660. The molecular formula is C13H29N3O2. The number of β-amino-alcohol motifs (C(OH)–C–C–N with tert-alkyl or cyclic N) is 1. The number of nitrogens with zero attached hydrogens (tertiary/aromatic N) is 3. The lowest BCUT2D eigenvalue weighted by Gasteiger charge is -2.34. The molecule has 1 aliphatic heterocycles. The molecule has 0 bridgehead atoms. The molecule has 108 valence electrons. The topological polar surface area (TPSA) is 50.2 Å². The van der Waals surface area contributed by atoms with E-state index in [1.165, 1.54) is 0 Å². The molecule has 1 atom stereocenters. The fourth-order valence-corrected chi connectivity index (χ4v) is 2.47. The third-order valence-electron chi connectivity index (χ3n) is 3.24. The van der Waals surface area contributed by atoms with Gasteiger partial charge in [-0.1, -0.05) is 0 Å². The van der Waals surface area contributed by atoms with Crippen LogP contribution in [-0.4, -0.2) is 96.5 Å². The van der Waals surface area contributed by atoms with E-state index in [0.29, 0.717) is 13.1 Å². The van der Waals surface area contributed by atoms with Gasteiger partial charge in [0.1, 0.15) is 0 Å². The van der Waals surface area contributed by atoms with Crippen molar-refractivity contribution in [3.8, 4) is 0 Å². The van der Waals surface area contributed by atoms with Gasteiger partial charge in [-0.05, 0) is 27.9 Å². The van der Waals surface area contributed by atoms with Crippen LogP contribution in [0, 0.1) is 0 Å². The molecule has 0 spiro atoms. The normalized spacial score (nSPS) is 21.5. The Labute approximate surface area is 111 Å². The van der Waals surface area contributed by atoms with Crippen LogP contribution in [0.2, 0.25) is 0 Å². The van der Waals surface area contributed by atoms with E-state index in [4.69, 9.17) is 0 Å². The van der Waals surface area contributed by atoms with Crippen molar-refractivity contribution in [2.75, 3.05) is 59.9 Å². The Morgan fingerprint density at radius 1 is 1.22 bits per heavy atom. The van der Waals surface area contributed by atoms with E-state index in [0.717, 1.165) is 32.7 Å². The highest BCUT2D eigenvalue weighted by Gasteiger charge is 2.20. The summed E-state index contributed by atoms with van der Waals surface area (Å²) in [6, 6.07) is 0. The number of likely N-dealkylation sites (N-methyl/N-ethyl adjacent to an activating group) is 2. The Kier molecular flexibility index (Phi) is 6.01. The average Bonchev–Trinajstić information content (AvgIpc) is 2.18. The first-order chi connectivity index (χ1) is 8.26. The van der Waals surface area contributed by atoms with E-state index in [9.17, 15) is 10.2 Å². The lowest BCUT2D eigenvalue weighted by Crippen LogP contribution is -2.49. The van der Waals surface area contributed by atoms with E-state index < -0.39 is 5.60 Å². The van der Waals surface area contributed by atoms with Crippen molar-refractivity contribution in [1.29, 1.82) is 0 Å². The summed E-state index contributed by atoms with van der Waals surface area (Å²) in [5, 5.41) is 19.8. The first kappa shape index (κ1) is 15.9. The smallest absolute Gasteiger partial charge is 0.0793 e. The molecule has 2 N–H and O–H groups in total. The van der Waals surface area contributed by atoms with E-state index >= 15 is 0 Å². The van der Waals surface area contributed by atoms with Gasteiger partial charge in [0.05, 0.1) is 11.7 Å². The summed E-state index contributed by atoms with van der Waals surface area (Å²) in [6.07, 6.45) is -0.347. The second-order valence-corrected chi connectivity index (χ2v) is 6.27. The van der Waals surface area contributed by atoms with Crippen molar-refractivity contribution in [3.05, 3.63) is 0 Å². The van der Waals surface area contributed by atoms with Crippen LogP contribution >= 0.6 is 0 Å². The number of piperazine rings is 1. The maximum atomic E-state index is 10.1. The molecule has 0 aliphatic carbocycles. The summed E-state index contributed by atoms with van der Waals surface area (Å²) >= 11 is 0. The monoisotopic (exact) mass is 259 g/mol. The Bertz CT molecular complexity index is 235. The molecule has 0 aromatic carbocycles. The third kappa shape index (κ3) is 6.66. The van der Waals surface area contributed by atoms with Gasteiger partial charge in [0.25, 0.3) is 0 Å². The minimum Gasteiger partial charge on any atom is -0.390 e. The molecule has 5 nitrogen and oxygen atoms in total. The molecule has 0 saturated carbocycles. The van der Waals surface area contributed by atoms with Crippen LogP contribution in [-0.2, 0) is 0 Å². The summed E-state index contributed by atoms with van der Waals surface area (Å²) in [5.41, 5.74) is -0.706. The van der Waals surface area contributed by atoms with Gasteiger partial charge in [0, 0.05) is 45.8 Å². The zero-order chi connectivity index (χ0) is 13.8. The van der Waals surface area contributed by atoms with Gasteiger partial charge in [-0.3, -0.25) is 4.90 Å². The van der Waals surface area contributed by atoms with Gasteiger partial charge in [0.2, 0.25) is 0 Å². The molecule has 1 rings (SSSR count). The molecule has 0 amide bonds. The fourth-order valence-electron chi connectivity index (χ4n) is 2.47. The van der Waals surface area contributed by atoms with Gasteiger partial charge in [0.15, 0.2) is 0 Å². The van der Waals surface area contributed by atoms with Crippen LogP contribution < -0.4 is 0 Å². The van der Waals surface area contributed by atoms with E-state index in [1.54, 1.807) is 13.8 Å². The SMILES string of the molecule is CN1CCN(CC(O)CN(C)CC(C)(C)O)CC1. The number of hydrogen-bond acceptors (Lipinski definition) is 5. The molecule has 0 radical (unpaired) electrons. The summed E-state index contributed by atoms with van der Waals surface area (Å²) in [5.74, 6) is 0. The second kappa shape index (κ2) is 6.82. The van der Waals surface area contributed by atoms with Gasteiger partial charge in [-0.25, -0.2) is 0 Å². The molecule has 1 saturated heterocycles. The Hall–Kier alpha value is -0.200. The van der Waals surface area contributed by atoms with Crippen molar-refractivity contribution in [2.24, 2.45) is 0 Å². The van der Waals surface area contributed by atoms with Gasteiger partial charge >= 0.3 is 0 Å². The van der Waals surface area contributed by atoms with Crippen molar-refractivity contribution < 1.29 is 10.2 Å². The summed E-state index contributed by atoms with van der Waals surface area (Å²) < 4.78 is 0. The molecule has 5 heteroatoms. The van der Waals surface area contributed by atoms with Crippen molar-refractivity contribution in [2.45, 2.75) is 25.6 Å². The van der Waals surface area contributed by atoms with E-state index in [2.05, 4.69) is 16.8 Å². The van der Waals surface area contributed by atoms with Crippen molar-refractivity contribution in [1.82, 2.24) is 14.7 Å². The fraction of sp³-hybridized carbons (Fsp3) is 1.00. The van der Waals surface area contributed by atoms with Crippen molar-refractivity contribution in [3.63, 3.8) is 0 Å². The first-order valence-corrected chi connectivity index (χ1v) is 6.76. The highest BCUT2D eigenvalue weighted by atomic mass is 16.3. The Balaban J connectivity index is 2.22. The molecule has 0 aromatic heterocycles. The minimum absolute atomic E-state index is 0.347. The number of aliphatic hydroxyl groups excluding tert-OH is 1. The number of rotatable bonds is 6. The zero-order valence-corrected chi connectivity index (χ0v) is 12.3. The number of hydrogen-bond donors (Lipinski definition) is 2. The van der Waals surface area contributed by atoms with Gasteiger partial charge in [-0.15, -0.1) is 0 Å². The molecule has 1 fully saturated rings. The second-order valence-electron chi connectivity index (χ2n) is 6.27. The zero-order valence-electron chi connectivity index (χ0n) is 12.3. The van der Waals surface area contributed by atoms with Crippen LogP contribution in [0.3, 0.4) is 0 Å². The van der Waals surface area contributed by atoms with Crippen LogP contribution in [0.15, 0.2) is 0 Å². The lowest BCUT2D eigenvalue weighted by molar-refractivity contribution is 0.0176. The van der Waals surface area contributed by atoms with E-state index in [1.807, 2.05) is 11.9 Å². The largest absolute Gasteiger partial charge is 0.390 e. The molecule has 1 heterocycles. The molecule has 18 heavy (non-hydrogen) atoms. The lowest BCUT2D eigenvalue weighted by atomic mass is 10.1. The molecule has 0 aromatic rings. The first-order valence-electron chi connectivity index (χ1n) is 6.76. The number of aliphatic hydroxyl groups is 2. The van der Waals surface area contributed by atoms with E-state index in [-0.39, 0.29) is 6.10 Å². The highest BCUT2D eigenvalue weighted by Crippen LogP contribution is 2.05. The summed E-state index contributed by atoms with van der Waals surface area (Å²) in [7, 11) is 4.07. The molecule has 1 aliphatic rings. The highest BCUT2D eigenvalue weighted by molar-refractivity contribution is 4.76. The summed E-state index contributed by atoms with van der Waals surface area (Å²) in [4.78, 5) is 6.60. The Morgan fingerprint density at radius 3 is 2.28 bits per heavy atom. The standard InChI is InChI=1S/C13H29N3O2/c1-13(2,18)11-15(4)9-12(17)10-16-7-5-14(3)6-8-16/h12,17-18H,5-11H2,1-4H3. The van der Waals surface area contributed by atoms with Crippen LogP contribution in [0.4, 0.5) is 0 Å². The van der Waals surface area contributed by atoms with Gasteiger partial charge < -0.3 is 20.0 Å². The molecule has 1 unspecified atom stereocenters. The maximum Gasteiger partial charge on any atom is 0.0793 e. The minimum atomic E-state index is -0.706. The van der Waals surface area contributed by atoms with Gasteiger partial charge in [-0.2, -0.15) is 0 Å². The summed E-state index contributed by atoms with van der Waals surface area (Å²) in [6.45, 7) is 9.70. The average molecular weight is 259 g/mol. The molecular weight excluding hydrogens is 230 g/mol. The van der Waals surface area contributed by atoms with Crippen molar-refractivity contribution >= 4 is 0 Å². The predicted molar refractivity (Wildman–Crippen MR) is 73.7 cm³/mol. The van der Waals surface area contributed by atoms with Crippen LogP contribution in [0.5, 0.6) is 0 Å². The maximum absolute atomic E-state index is 10.1. The predicted octanol–water partition coefficient (Wildman–Crippen LogP) is -0.703.